The molecule has 5 nitrogen and oxygen atoms in total. The predicted molar refractivity (Wildman–Crippen MR) is 107 cm³/mol. The van der Waals surface area contributed by atoms with Crippen molar-refractivity contribution in [3.8, 4) is 5.75 Å². The highest BCUT2D eigenvalue weighted by molar-refractivity contribution is 6.36. The molecule has 0 aliphatic carbocycles. The Morgan fingerprint density at radius 2 is 1.67 bits per heavy atom. The molecule has 0 fully saturated rings. The Balaban J connectivity index is 2.19. The lowest BCUT2D eigenvalue weighted by molar-refractivity contribution is -0.142. The number of nitrogens with zero attached hydrogens (tertiary/aromatic N) is 1. The van der Waals surface area contributed by atoms with E-state index in [9.17, 15) is 9.59 Å². The third-order valence-electron chi connectivity index (χ3n) is 3.98. The van der Waals surface area contributed by atoms with E-state index in [0.29, 0.717) is 26.4 Å². The molecule has 2 amide bonds. The van der Waals surface area contributed by atoms with Crippen molar-refractivity contribution in [3.63, 3.8) is 0 Å². The van der Waals surface area contributed by atoms with Crippen LogP contribution in [0.5, 0.6) is 5.75 Å². The minimum atomic E-state index is -0.733. The predicted octanol–water partition coefficient (Wildman–Crippen LogP) is 4.19. The van der Waals surface area contributed by atoms with E-state index in [2.05, 4.69) is 5.32 Å². The van der Waals surface area contributed by atoms with Gasteiger partial charge in [-0.1, -0.05) is 40.9 Å². The number of hydrogen-bond donors (Lipinski definition) is 1. The molecule has 2 rings (SSSR count). The Labute approximate surface area is 173 Å². The summed E-state index contributed by atoms with van der Waals surface area (Å²) in [5.74, 6) is -0.189. The quantitative estimate of drug-likeness (QED) is 0.718. The van der Waals surface area contributed by atoms with Crippen LogP contribution in [0.4, 0.5) is 0 Å². The van der Waals surface area contributed by atoms with Gasteiger partial charge in [-0.3, -0.25) is 9.59 Å². The molecular weight excluding hydrogens is 411 g/mol. The average molecular weight is 430 g/mol. The highest BCUT2D eigenvalue weighted by Crippen LogP contribution is 2.26. The van der Waals surface area contributed by atoms with Crippen molar-refractivity contribution in [1.29, 1.82) is 0 Å². The maximum Gasteiger partial charge on any atom is 0.261 e. The number of likely N-dealkylation sites (N-methyl/N-ethyl adjacent to an activating group) is 1. The van der Waals surface area contributed by atoms with E-state index >= 15 is 0 Å². The lowest BCUT2D eigenvalue weighted by Gasteiger charge is -2.29. The summed E-state index contributed by atoms with van der Waals surface area (Å²) in [6.45, 7) is 1.46. The number of carbonyl (C=O) groups is 2. The molecule has 0 radical (unpaired) electrons. The van der Waals surface area contributed by atoms with Crippen LogP contribution in [0.25, 0.3) is 0 Å². The van der Waals surface area contributed by atoms with Crippen molar-refractivity contribution < 1.29 is 14.3 Å². The summed E-state index contributed by atoms with van der Waals surface area (Å²) in [6.07, 6.45) is 0. The minimum Gasteiger partial charge on any atom is -0.484 e. The number of halogens is 3. The van der Waals surface area contributed by atoms with Crippen molar-refractivity contribution in [2.45, 2.75) is 19.5 Å². The lowest BCUT2D eigenvalue weighted by atomic mass is 10.1. The van der Waals surface area contributed by atoms with Crippen LogP contribution in [-0.4, -0.2) is 36.4 Å². The zero-order valence-corrected chi connectivity index (χ0v) is 17.1. The van der Waals surface area contributed by atoms with Gasteiger partial charge < -0.3 is 15.0 Å². The second kappa shape index (κ2) is 9.83. The summed E-state index contributed by atoms with van der Waals surface area (Å²) >= 11 is 18.3. The van der Waals surface area contributed by atoms with Gasteiger partial charge in [0.15, 0.2) is 6.61 Å². The Bertz CT molecular complexity index is 792. The van der Waals surface area contributed by atoms with Gasteiger partial charge >= 0.3 is 0 Å². The van der Waals surface area contributed by atoms with Gasteiger partial charge in [-0.15, -0.1) is 0 Å². The molecule has 1 atom stereocenters. The molecule has 0 unspecified atom stereocenters. The average Bonchev–Trinajstić information content (AvgIpc) is 2.66. The summed E-state index contributed by atoms with van der Waals surface area (Å²) < 4.78 is 5.52. The van der Waals surface area contributed by atoms with E-state index in [1.807, 2.05) is 0 Å². The van der Waals surface area contributed by atoms with Crippen LogP contribution in [0.1, 0.15) is 12.5 Å². The molecule has 0 spiro atoms. The van der Waals surface area contributed by atoms with Crippen molar-refractivity contribution in [2.75, 3.05) is 13.7 Å². The van der Waals surface area contributed by atoms with Crippen LogP contribution < -0.4 is 10.1 Å². The van der Waals surface area contributed by atoms with Gasteiger partial charge in [-0.05, 0) is 43.3 Å². The molecule has 0 aliphatic rings. The third kappa shape index (κ3) is 5.76. The zero-order valence-electron chi connectivity index (χ0n) is 14.8. The number of hydrogen-bond acceptors (Lipinski definition) is 3. The fourth-order valence-electron chi connectivity index (χ4n) is 2.40. The molecule has 144 valence electrons. The summed E-state index contributed by atoms with van der Waals surface area (Å²) in [7, 11) is 1.51. The number of ether oxygens (including phenoxy) is 1. The van der Waals surface area contributed by atoms with Crippen molar-refractivity contribution in [3.05, 3.63) is 63.1 Å². The SMILES string of the molecule is CNC(=O)[C@H](C)N(Cc1c(Cl)cccc1Cl)C(=O)COc1ccc(Cl)cc1. The van der Waals surface area contributed by atoms with Crippen LogP contribution in [-0.2, 0) is 16.1 Å². The Kier molecular flexibility index (Phi) is 7.78. The van der Waals surface area contributed by atoms with Crippen LogP contribution in [0.15, 0.2) is 42.5 Å². The van der Waals surface area contributed by atoms with Crippen LogP contribution >= 0.6 is 34.8 Å². The van der Waals surface area contributed by atoms with Crippen molar-refractivity contribution in [2.24, 2.45) is 0 Å². The van der Waals surface area contributed by atoms with E-state index in [0.717, 1.165) is 0 Å². The number of rotatable bonds is 7. The molecule has 8 heteroatoms. The fraction of sp³-hybridized carbons (Fsp3) is 0.263. The topological polar surface area (TPSA) is 58.6 Å². The van der Waals surface area contributed by atoms with Gasteiger partial charge in [0.05, 0.1) is 0 Å². The number of benzene rings is 2. The third-order valence-corrected chi connectivity index (χ3v) is 4.94. The van der Waals surface area contributed by atoms with Gasteiger partial charge in [-0.25, -0.2) is 0 Å². The molecule has 0 bridgehead atoms. The Morgan fingerprint density at radius 1 is 1.07 bits per heavy atom. The second-order valence-corrected chi connectivity index (χ2v) is 7.01. The molecule has 0 saturated heterocycles. The first-order valence-corrected chi connectivity index (χ1v) is 9.29. The molecule has 1 N–H and O–H groups in total. The lowest BCUT2D eigenvalue weighted by Crippen LogP contribution is -2.48. The summed E-state index contributed by atoms with van der Waals surface area (Å²) in [4.78, 5) is 26.3. The highest BCUT2D eigenvalue weighted by atomic mass is 35.5. The fourth-order valence-corrected chi connectivity index (χ4v) is 3.05. The summed E-state index contributed by atoms with van der Waals surface area (Å²) in [5.41, 5.74) is 0.566. The Morgan fingerprint density at radius 3 is 2.22 bits per heavy atom. The van der Waals surface area contributed by atoms with Crippen LogP contribution in [0.2, 0.25) is 15.1 Å². The zero-order chi connectivity index (χ0) is 20.0. The number of amides is 2. The molecule has 0 heterocycles. The number of nitrogens with one attached hydrogen (secondary N) is 1. The van der Waals surface area contributed by atoms with Gasteiger partial charge in [0.1, 0.15) is 11.8 Å². The molecule has 2 aromatic carbocycles. The summed E-state index contributed by atoms with van der Waals surface area (Å²) in [5, 5.41) is 3.95. The van der Waals surface area contributed by atoms with E-state index in [1.165, 1.54) is 11.9 Å². The molecular formula is C19H19Cl3N2O3. The van der Waals surface area contributed by atoms with Gasteiger partial charge in [0.25, 0.3) is 5.91 Å². The summed E-state index contributed by atoms with van der Waals surface area (Å²) in [6, 6.07) is 11.0. The van der Waals surface area contributed by atoms with Crippen molar-refractivity contribution >= 4 is 46.6 Å². The maximum atomic E-state index is 12.8. The monoisotopic (exact) mass is 428 g/mol. The highest BCUT2D eigenvalue weighted by Gasteiger charge is 2.27. The molecule has 27 heavy (non-hydrogen) atoms. The second-order valence-electron chi connectivity index (χ2n) is 5.75. The van der Waals surface area contributed by atoms with E-state index in [-0.39, 0.29) is 25.0 Å². The first-order valence-electron chi connectivity index (χ1n) is 8.15. The van der Waals surface area contributed by atoms with Crippen LogP contribution in [0, 0.1) is 0 Å². The van der Waals surface area contributed by atoms with Gasteiger partial charge in [0, 0.05) is 34.2 Å². The van der Waals surface area contributed by atoms with Crippen molar-refractivity contribution in [1.82, 2.24) is 10.2 Å². The molecule has 0 aromatic heterocycles. The normalized spacial score (nSPS) is 11.6. The van der Waals surface area contributed by atoms with Gasteiger partial charge in [-0.2, -0.15) is 0 Å². The van der Waals surface area contributed by atoms with E-state index in [1.54, 1.807) is 49.4 Å². The number of carbonyl (C=O) groups excluding carboxylic acids is 2. The minimum absolute atomic E-state index is 0.0793. The van der Waals surface area contributed by atoms with E-state index in [4.69, 9.17) is 39.5 Å². The Hall–Kier alpha value is -1.95. The van der Waals surface area contributed by atoms with E-state index < -0.39 is 6.04 Å². The molecule has 0 aliphatic heterocycles. The smallest absolute Gasteiger partial charge is 0.261 e. The first-order chi connectivity index (χ1) is 12.8. The first kappa shape index (κ1) is 21.4. The molecule has 2 aromatic rings. The largest absolute Gasteiger partial charge is 0.484 e. The van der Waals surface area contributed by atoms with Gasteiger partial charge in [0.2, 0.25) is 5.91 Å². The van der Waals surface area contributed by atoms with Crippen LogP contribution in [0.3, 0.4) is 0 Å². The molecule has 0 saturated carbocycles. The maximum absolute atomic E-state index is 12.8. The standard InChI is InChI=1S/C19H19Cl3N2O3/c1-12(19(26)23-2)24(10-15-16(21)4-3-5-17(15)22)18(25)11-27-14-8-6-13(20)7-9-14/h3-9,12H,10-11H2,1-2H3,(H,23,26)/t12-/m0/s1.